The molecule has 10 nitrogen and oxygen atoms in total. The summed E-state index contributed by atoms with van der Waals surface area (Å²) in [5.74, 6) is -0.116. The molecule has 0 saturated heterocycles. The summed E-state index contributed by atoms with van der Waals surface area (Å²) in [4.78, 5) is 35.5. The molecule has 0 amide bonds. The van der Waals surface area contributed by atoms with E-state index in [1.165, 1.54) is 12.1 Å². The van der Waals surface area contributed by atoms with E-state index in [2.05, 4.69) is 39.9 Å². The second kappa shape index (κ2) is 15.8. The zero-order chi connectivity index (χ0) is 46.1. The number of alkyl halides is 3. The van der Waals surface area contributed by atoms with Crippen LogP contribution in [0.5, 0.6) is 0 Å². The van der Waals surface area contributed by atoms with Gasteiger partial charge in [0.15, 0.2) is 23.3 Å². The lowest BCUT2D eigenvalue weighted by atomic mass is 9.98. The van der Waals surface area contributed by atoms with Crippen molar-refractivity contribution in [3.8, 4) is 68.1 Å². The number of halogens is 5. The van der Waals surface area contributed by atoms with Crippen LogP contribution in [0, 0.1) is 11.6 Å². The molecule has 68 heavy (non-hydrogen) atoms. The second-order valence-electron chi connectivity index (χ2n) is 15.9. The van der Waals surface area contributed by atoms with Gasteiger partial charge in [0.1, 0.15) is 17.2 Å². The first-order valence-corrected chi connectivity index (χ1v) is 21.1. The van der Waals surface area contributed by atoms with Gasteiger partial charge in [0.05, 0.1) is 33.4 Å². The summed E-state index contributed by atoms with van der Waals surface area (Å²) >= 11 is 0. The van der Waals surface area contributed by atoms with Gasteiger partial charge in [0, 0.05) is 99.4 Å². The lowest BCUT2D eigenvalue weighted by Crippen LogP contribution is -2.16. The van der Waals surface area contributed by atoms with Crippen LogP contribution in [0.3, 0.4) is 0 Å². The molecule has 0 saturated carbocycles. The number of aromatic nitrogens is 10. The average Bonchev–Trinajstić information content (AvgIpc) is 3.87. The normalized spacial score (nSPS) is 11.9. The van der Waals surface area contributed by atoms with Gasteiger partial charge in [0.25, 0.3) is 0 Å². The number of benzene rings is 6. The van der Waals surface area contributed by atoms with E-state index in [9.17, 15) is 0 Å². The van der Waals surface area contributed by atoms with Crippen molar-refractivity contribution in [3.63, 3.8) is 0 Å². The quantitative estimate of drug-likeness (QED) is 0.145. The molecule has 6 aromatic carbocycles. The minimum Gasteiger partial charge on any atom is -0.309 e. The molecule has 12 rings (SSSR count). The summed E-state index contributed by atoms with van der Waals surface area (Å²) in [6, 6.07) is 33.7. The summed E-state index contributed by atoms with van der Waals surface area (Å²) in [5, 5.41) is 2.34. The van der Waals surface area contributed by atoms with Crippen LogP contribution in [0.15, 0.2) is 177 Å². The third-order valence-corrected chi connectivity index (χ3v) is 11.9. The molecule has 0 bridgehead atoms. The minimum atomic E-state index is -5.02. The highest BCUT2D eigenvalue weighted by atomic mass is 19.4. The maximum Gasteiger partial charge on any atom is 0.420 e. The zero-order valence-electron chi connectivity index (χ0n) is 35.1. The molecule has 0 aliphatic heterocycles. The Morgan fingerprint density at radius 3 is 0.882 bits per heavy atom. The molecule has 15 heteroatoms. The van der Waals surface area contributed by atoms with E-state index in [4.69, 9.17) is 0 Å². The standard InChI is InChI=1S/C53H29F5N10/c54-36-21-34(22-37(55)29-36)35-27-46(67-42-9-5-30(49-59-13-1-14-60-49)23-38(42)39-24-31(6-10-43(39)67)50-61-15-2-16-62-50)48(53(56,57)58)47(28-35)68-44-11-7-32(51-63-17-3-18-64-51)25-40(44)41-26-33(8-12-45(41)68)52-65-19-4-20-66-52/h1-29H. The molecular weight excluding hydrogens is 872 g/mol. The summed E-state index contributed by atoms with van der Waals surface area (Å²) in [6.07, 6.45) is 7.87. The van der Waals surface area contributed by atoms with Gasteiger partial charge in [-0.25, -0.2) is 48.7 Å². The van der Waals surface area contributed by atoms with E-state index in [-0.39, 0.29) is 22.5 Å². The van der Waals surface area contributed by atoms with Crippen LogP contribution < -0.4 is 0 Å². The molecule has 0 unspecified atom stereocenters. The molecule has 0 aliphatic rings. The van der Waals surface area contributed by atoms with E-state index in [1.54, 1.807) is 132 Å². The second-order valence-corrected chi connectivity index (χ2v) is 15.9. The number of fused-ring (bicyclic) bond motifs is 6. The lowest BCUT2D eigenvalue weighted by molar-refractivity contribution is -0.137. The fraction of sp³-hybridized carbons (Fsp3) is 0.0189. The summed E-state index contributed by atoms with van der Waals surface area (Å²) in [6.45, 7) is 0. The fourth-order valence-corrected chi connectivity index (χ4v) is 9.06. The predicted molar refractivity (Wildman–Crippen MR) is 250 cm³/mol. The largest absolute Gasteiger partial charge is 0.420 e. The summed E-state index contributed by atoms with van der Waals surface area (Å²) in [7, 11) is 0. The van der Waals surface area contributed by atoms with E-state index in [0.717, 1.165) is 18.2 Å². The van der Waals surface area contributed by atoms with Gasteiger partial charge in [-0.05, 0) is 132 Å². The van der Waals surface area contributed by atoms with Gasteiger partial charge in [0.2, 0.25) is 0 Å². The molecule has 12 aromatic rings. The Hall–Kier alpha value is -9.11. The van der Waals surface area contributed by atoms with Crippen molar-refractivity contribution in [2.24, 2.45) is 0 Å². The van der Waals surface area contributed by atoms with Crippen LogP contribution in [0.25, 0.3) is 112 Å². The van der Waals surface area contributed by atoms with Crippen LogP contribution in [0.4, 0.5) is 22.0 Å². The maximum absolute atomic E-state index is 16.7. The van der Waals surface area contributed by atoms with Gasteiger partial charge in [-0.2, -0.15) is 13.2 Å². The molecule has 326 valence electrons. The maximum atomic E-state index is 16.7. The van der Waals surface area contributed by atoms with Crippen LogP contribution in [0.2, 0.25) is 0 Å². The Balaban J connectivity index is 1.22. The number of nitrogens with zero attached hydrogens (tertiary/aromatic N) is 10. The highest BCUT2D eigenvalue weighted by Crippen LogP contribution is 2.47. The molecule has 0 aliphatic carbocycles. The molecule has 0 N–H and O–H groups in total. The van der Waals surface area contributed by atoms with Crippen LogP contribution in [0.1, 0.15) is 5.56 Å². The lowest BCUT2D eigenvalue weighted by Gasteiger charge is -2.23. The van der Waals surface area contributed by atoms with Crippen molar-refractivity contribution >= 4 is 43.6 Å². The first-order valence-electron chi connectivity index (χ1n) is 21.1. The third kappa shape index (κ3) is 6.87. The fourth-order valence-electron chi connectivity index (χ4n) is 9.06. The monoisotopic (exact) mass is 900 g/mol. The SMILES string of the molecule is Fc1cc(F)cc(-c2cc(-n3c4ccc(-c5ncccn5)cc4c4cc(-c5ncccn5)ccc43)c(C(F)(F)F)c(-n3c4ccc(-c5ncccn5)cc4c4cc(-c5ncccn5)ccc43)c2)c1. The molecule has 6 heterocycles. The Morgan fingerprint density at radius 1 is 0.324 bits per heavy atom. The number of hydrogen-bond acceptors (Lipinski definition) is 8. The van der Waals surface area contributed by atoms with Crippen molar-refractivity contribution in [2.75, 3.05) is 0 Å². The van der Waals surface area contributed by atoms with Crippen LogP contribution >= 0.6 is 0 Å². The first-order chi connectivity index (χ1) is 33.2. The highest BCUT2D eigenvalue weighted by molar-refractivity contribution is 6.13. The predicted octanol–water partition coefficient (Wildman–Crippen LogP) is 12.7. The van der Waals surface area contributed by atoms with Gasteiger partial charge in [-0.3, -0.25) is 0 Å². The van der Waals surface area contributed by atoms with E-state index in [0.29, 0.717) is 89.2 Å². The van der Waals surface area contributed by atoms with Crippen LogP contribution in [-0.4, -0.2) is 49.0 Å². The van der Waals surface area contributed by atoms with E-state index < -0.39 is 23.4 Å². The van der Waals surface area contributed by atoms with Crippen molar-refractivity contribution in [2.45, 2.75) is 6.18 Å². The number of hydrogen-bond donors (Lipinski definition) is 0. The van der Waals surface area contributed by atoms with E-state index in [1.807, 2.05) is 24.3 Å². The Labute approximate surface area is 381 Å². The topological polar surface area (TPSA) is 113 Å². The first kappa shape index (κ1) is 40.4. The highest BCUT2D eigenvalue weighted by Gasteiger charge is 2.40. The third-order valence-electron chi connectivity index (χ3n) is 11.9. The van der Waals surface area contributed by atoms with E-state index >= 15 is 22.0 Å². The Kier molecular flexibility index (Phi) is 9.39. The van der Waals surface area contributed by atoms with Gasteiger partial charge in [-0.1, -0.05) is 0 Å². The van der Waals surface area contributed by atoms with Crippen molar-refractivity contribution in [3.05, 3.63) is 194 Å². The summed E-state index contributed by atoms with van der Waals surface area (Å²) in [5.41, 5.74) is 2.72. The van der Waals surface area contributed by atoms with Crippen LogP contribution in [-0.2, 0) is 6.18 Å². The van der Waals surface area contributed by atoms with Crippen molar-refractivity contribution < 1.29 is 22.0 Å². The zero-order valence-corrected chi connectivity index (χ0v) is 35.1. The molecule has 0 fully saturated rings. The van der Waals surface area contributed by atoms with Gasteiger partial charge < -0.3 is 9.13 Å². The summed E-state index contributed by atoms with van der Waals surface area (Å²) < 4.78 is 83.6. The molecule has 0 radical (unpaired) electrons. The number of rotatable bonds is 7. The average molecular weight is 901 g/mol. The Morgan fingerprint density at radius 2 is 0.603 bits per heavy atom. The van der Waals surface area contributed by atoms with Gasteiger partial charge >= 0.3 is 6.18 Å². The van der Waals surface area contributed by atoms with Crippen molar-refractivity contribution in [1.29, 1.82) is 0 Å². The molecule has 6 aromatic heterocycles. The van der Waals surface area contributed by atoms with Gasteiger partial charge in [-0.15, -0.1) is 0 Å². The molecule has 0 atom stereocenters. The minimum absolute atomic E-state index is 0.0271. The molecule has 0 spiro atoms. The smallest absolute Gasteiger partial charge is 0.309 e. The molecular formula is C53H29F5N10. The van der Waals surface area contributed by atoms with Crippen molar-refractivity contribution in [1.82, 2.24) is 49.0 Å². The Bertz CT molecular complexity index is 3480.